The lowest BCUT2D eigenvalue weighted by Crippen LogP contribution is -2.37. The lowest BCUT2D eigenvalue weighted by molar-refractivity contribution is 0.0965. The molecule has 1 aromatic heterocycles. The summed E-state index contributed by atoms with van der Waals surface area (Å²) in [5, 5.41) is 2.74. The molecule has 1 aliphatic heterocycles. The van der Waals surface area contributed by atoms with Crippen LogP contribution in [-0.4, -0.2) is 36.2 Å². The Morgan fingerprint density at radius 1 is 1.33 bits per heavy atom. The van der Waals surface area contributed by atoms with E-state index in [2.05, 4.69) is 22.0 Å². The van der Waals surface area contributed by atoms with E-state index in [1.165, 1.54) is 5.56 Å². The second-order valence-electron chi connectivity index (χ2n) is 5.24. The van der Waals surface area contributed by atoms with E-state index in [9.17, 15) is 0 Å². The van der Waals surface area contributed by atoms with Crippen molar-refractivity contribution in [3.05, 3.63) is 41.4 Å². The van der Waals surface area contributed by atoms with Gasteiger partial charge in [0.05, 0.1) is 7.11 Å². The van der Waals surface area contributed by atoms with Crippen LogP contribution in [0.25, 0.3) is 0 Å². The molecule has 3 rings (SSSR count). The quantitative estimate of drug-likeness (QED) is 0.849. The van der Waals surface area contributed by atoms with E-state index < -0.39 is 0 Å². The summed E-state index contributed by atoms with van der Waals surface area (Å²) in [7, 11) is 1.71. The Bertz CT molecular complexity index is 551. The molecule has 4 nitrogen and oxygen atoms in total. The maximum atomic E-state index is 5.89. The number of likely N-dealkylation sites (tertiary alicyclic amines) is 1. The first-order chi connectivity index (χ1) is 10.3. The number of piperidine rings is 1. The number of nitrogens with zero attached hydrogens (tertiary/aromatic N) is 2. The van der Waals surface area contributed by atoms with Crippen LogP contribution in [0.5, 0.6) is 10.9 Å². The Morgan fingerprint density at radius 2 is 2.19 bits per heavy atom. The van der Waals surface area contributed by atoms with Gasteiger partial charge in [-0.3, -0.25) is 4.90 Å². The summed E-state index contributed by atoms with van der Waals surface area (Å²) in [6.45, 7) is 3.10. The van der Waals surface area contributed by atoms with Gasteiger partial charge in [-0.1, -0.05) is 23.5 Å². The molecule has 21 heavy (non-hydrogen) atoms. The zero-order chi connectivity index (χ0) is 14.5. The van der Waals surface area contributed by atoms with Crippen LogP contribution in [0.4, 0.5) is 0 Å². The van der Waals surface area contributed by atoms with Crippen molar-refractivity contribution in [2.75, 3.05) is 20.2 Å². The molecule has 112 valence electrons. The third-order valence-corrected chi connectivity index (χ3v) is 4.41. The smallest absolute Gasteiger partial charge is 0.273 e. The minimum Gasteiger partial charge on any atom is -0.497 e. The molecular formula is C16H20N2O2S. The van der Waals surface area contributed by atoms with E-state index >= 15 is 0 Å². The summed E-state index contributed by atoms with van der Waals surface area (Å²) in [5.41, 5.74) is 1.30. The van der Waals surface area contributed by atoms with Crippen LogP contribution in [0.2, 0.25) is 0 Å². The van der Waals surface area contributed by atoms with Crippen molar-refractivity contribution < 1.29 is 9.47 Å². The predicted molar refractivity (Wildman–Crippen MR) is 84.0 cm³/mol. The highest BCUT2D eigenvalue weighted by molar-refractivity contribution is 7.11. The van der Waals surface area contributed by atoms with Crippen LogP contribution in [0.15, 0.2) is 35.8 Å². The van der Waals surface area contributed by atoms with E-state index in [0.29, 0.717) is 6.10 Å². The molecule has 1 fully saturated rings. The maximum Gasteiger partial charge on any atom is 0.273 e. The van der Waals surface area contributed by atoms with Crippen LogP contribution in [0, 0.1) is 0 Å². The number of ether oxygens (including phenoxy) is 2. The van der Waals surface area contributed by atoms with Gasteiger partial charge in [-0.05, 0) is 30.5 Å². The van der Waals surface area contributed by atoms with Gasteiger partial charge in [-0.25, -0.2) is 4.98 Å². The molecular weight excluding hydrogens is 284 g/mol. The van der Waals surface area contributed by atoms with Gasteiger partial charge in [-0.15, -0.1) is 0 Å². The Balaban J connectivity index is 1.49. The normalized spacial score (nSPS) is 16.8. The van der Waals surface area contributed by atoms with Crippen molar-refractivity contribution >= 4 is 11.3 Å². The molecule has 2 heterocycles. The van der Waals surface area contributed by atoms with Crippen molar-refractivity contribution in [2.45, 2.75) is 25.5 Å². The van der Waals surface area contributed by atoms with Gasteiger partial charge in [0.25, 0.3) is 5.19 Å². The number of thiazole rings is 1. The molecule has 0 radical (unpaired) electrons. The SMILES string of the molecule is COc1cccc(CN2CCC(Oc3nccs3)CC2)c1. The minimum atomic E-state index is 0.303. The fourth-order valence-corrected chi connectivity index (χ4v) is 3.18. The third kappa shape index (κ3) is 3.95. The molecule has 5 heteroatoms. The first kappa shape index (κ1) is 14.4. The first-order valence-electron chi connectivity index (χ1n) is 7.25. The highest BCUT2D eigenvalue weighted by Crippen LogP contribution is 2.22. The van der Waals surface area contributed by atoms with Crippen molar-refractivity contribution in [1.29, 1.82) is 0 Å². The monoisotopic (exact) mass is 304 g/mol. The fourth-order valence-electron chi connectivity index (χ4n) is 2.63. The number of hydrogen-bond donors (Lipinski definition) is 0. The summed E-state index contributed by atoms with van der Waals surface area (Å²) in [5.74, 6) is 0.925. The van der Waals surface area contributed by atoms with Crippen molar-refractivity contribution in [2.24, 2.45) is 0 Å². The number of hydrogen-bond acceptors (Lipinski definition) is 5. The zero-order valence-corrected chi connectivity index (χ0v) is 13.0. The van der Waals surface area contributed by atoms with Crippen molar-refractivity contribution in [3.63, 3.8) is 0 Å². The molecule has 1 aromatic carbocycles. The van der Waals surface area contributed by atoms with E-state index in [-0.39, 0.29) is 0 Å². The van der Waals surface area contributed by atoms with Crippen LogP contribution < -0.4 is 9.47 Å². The molecule has 2 aromatic rings. The number of benzene rings is 1. The average Bonchev–Trinajstić information content (AvgIpc) is 3.02. The highest BCUT2D eigenvalue weighted by Gasteiger charge is 2.21. The van der Waals surface area contributed by atoms with Crippen molar-refractivity contribution in [1.82, 2.24) is 9.88 Å². The molecule has 1 aliphatic rings. The van der Waals surface area contributed by atoms with Gasteiger partial charge in [-0.2, -0.15) is 0 Å². The third-order valence-electron chi connectivity index (χ3n) is 3.75. The van der Waals surface area contributed by atoms with E-state index in [1.54, 1.807) is 24.6 Å². The largest absolute Gasteiger partial charge is 0.497 e. The lowest BCUT2D eigenvalue weighted by Gasteiger charge is -2.31. The van der Waals surface area contributed by atoms with Crippen LogP contribution in [-0.2, 0) is 6.54 Å². The van der Waals surface area contributed by atoms with Gasteiger partial charge < -0.3 is 9.47 Å². The maximum absolute atomic E-state index is 5.89. The molecule has 0 aliphatic carbocycles. The average molecular weight is 304 g/mol. The van der Waals surface area contributed by atoms with E-state index in [0.717, 1.165) is 43.4 Å². The fraction of sp³-hybridized carbons (Fsp3) is 0.438. The molecule has 1 saturated heterocycles. The van der Waals surface area contributed by atoms with E-state index in [4.69, 9.17) is 9.47 Å². The molecule has 0 saturated carbocycles. The van der Waals surface area contributed by atoms with Crippen LogP contribution in [0.1, 0.15) is 18.4 Å². The Kier molecular flexibility index (Phi) is 4.72. The number of rotatable bonds is 5. The van der Waals surface area contributed by atoms with Gasteiger partial charge in [0.1, 0.15) is 11.9 Å². The van der Waals surface area contributed by atoms with E-state index in [1.807, 2.05) is 17.5 Å². The van der Waals surface area contributed by atoms with Crippen LogP contribution in [0.3, 0.4) is 0 Å². The Hall–Kier alpha value is -1.59. The summed E-state index contributed by atoms with van der Waals surface area (Å²) >= 11 is 1.56. The first-order valence-corrected chi connectivity index (χ1v) is 8.13. The second kappa shape index (κ2) is 6.91. The molecule has 0 bridgehead atoms. The summed E-state index contributed by atoms with van der Waals surface area (Å²) in [6.07, 6.45) is 4.21. The van der Waals surface area contributed by atoms with Crippen molar-refractivity contribution in [3.8, 4) is 10.9 Å². The summed E-state index contributed by atoms with van der Waals surface area (Å²) in [4.78, 5) is 6.65. The lowest BCUT2D eigenvalue weighted by atomic mass is 10.1. The summed E-state index contributed by atoms with van der Waals surface area (Å²) in [6, 6.07) is 8.29. The predicted octanol–water partition coefficient (Wildman–Crippen LogP) is 3.20. The highest BCUT2D eigenvalue weighted by atomic mass is 32.1. The van der Waals surface area contributed by atoms with Gasteiger partial charge in [0.15, 0.2) is 0 Å². The number of methoxy groups -OCH3 is 1. The molecule has 0 unspecified atom stereocenters. The van der Waals surface area contributed by atoms with Gasteiger partial charge in [0.2, 0.25) is 0 Å². The van der Waals surface area contributed by atoms with Crippen LogP contribution >= 0.6 is 11.3 Å². The Morgan fingerprint density at radius 3 is 2.90 bits per heavy atom. The topological polar surface area (TPSA) is 34.6 Å². The molecule has 0 N–H and O–H groups in total. The van der Waals surface area contributed by atoms with Gasteiger partial charge >= 0.3 is 0 Å². The zero-order valence-electron chi connectivity index (χ0n) is 12.2. The Labute approximate surface area is 129 Å². The molecule has 0 spiro atoms. The molecule has 0 atom stereocenters. The number of aromatic nitrogens is 1. The minimum absolute atomic E-state index is 0.303. The molecule has 0 amide bonds. The standard InChI is InChI=1S/C16H20N2O2S/c1-19-15-4-2-3-13(11-15)12-18-8-5-14(6-9-18)20-16-17-7-10-21-16/h2-4,7,10-11,14H,5-6,8-9,12H2,1H3. The summed E-state index contributed by atoms with van der Waals surface area (Å²) < 4.78 is 11.2. The van der Waals surface area contributed by atoms with Gasteiger partial charge in [0, 0.05) is 31.2 Å². The second-order valence-corrected chi connectivity index (χ2v) is 6.10.